The van der Waals surface area contributed by atoms with Gasteiger partial charge in [0.05, 0.1) is 0 Å². The van der Waals surface area contributed by atoms with E-state index < -0.39 is 5.87 Å². The van der Waals surface area contributed by atoms with Crippen molar-refractivity contribution in [3.05, 3.63) is 0 Å². The molecule has 5 heavy (non-hydrogen) atoms. The molecule has 0 amide bonds. The van der Waals surface area contributed by atoms with Crippen LogP contribution < -0.4 is 34.7 Å². The largest absolute Gasteiger partial charge is 1.00 e. The molecule has 0 fully saturated rings. The molecule has 22 valence electrons. The van der Waals surface area contributed by atoms with Crippen LogP contribution in [0, 0.1) is 0 Å². The van der Waals surface area contributed by atoms with Gasteiger partial charge < -0.3 is 9.90 Å². The van der Waals surface area contributed by atoms with Crippen LogP contribution in [0.15, 0.2) is 0 Å². The van der Waals surface area contributed by atoms with Crippen molar-refractivity contribution in [2.45, 2.75) is 0 Å². The Morgan fingerprint density at radius 1 is 1.80 bits per heavy atom. The molecule has 4 heteroatoms. The fourth-order valence-electron chi connectivity index (χ4n) is 0. The summed E-state index contributed by atoms with van der Waals surface area (Å²) in [7, 11) is 0.972. The van der Waals surface area contributed by atoms with Gasteiger partial charge in [0.15, 0.2) is 7.85 Å². The molecule has 0 aromatic heterocycles. The summed E-state index contributed by atoms with van der Waals surface area (Å²) in [4.78, 5) is 8.89. The average Bonchev–Trinajstić information content (AvgIpc) is 0.811. The molecule has 0 bridgehead atoms. The van der Waals surface area contributed by atoms with Crippen molar-refractivity contribution in [2.75, 3.05) is 0 Å². The Kier molecular flexibility index (Phi) is 8.26. The second-order valence-electron chi connectivity index (χ2n) is 0.492. The van der Waals surface area contributed by atoms with Crippen LogP contribution >= 0.6 is 0 Å². The molecule has 0 heterocycles. The van der Waals surface area contributed by atoms with Crippen LogP contribution in [0.1, 0.15) is 0 Å². The fraction of sp³-hybridized carbons (Fsp3) is 0. The number of hydrogen-bond acceptors (Lipinski definition) is 2. The molecule has 0 N–H and O–H groups in total. The van der Waals surface area contributed by atoms with Crippen molar-refractivity contribution in [2.24, 2.45) is 0 Å². The van der Waals surface area contributed by atoms with Crippen molar-refractivity contribution >= 4 is 13.7 Å². The maximum absolute atomic E-state index is 8.89. The summed E-state index contributed by atoms with van der Waals surface area (Å²) in [5, 5.41) is 8.89. The zero-order valence-electron chi connectivity index (χ0n) is 3.32. The van der Waals surface area contributed by atoms with E-state index in [4.69, 9.17) is 9.90 Å². The van der Waals surface area contributed by atoms with Crippen molar-refractivity contribution in [3.8, 4) is 0 Å². The third kappa shape index (κ3) is 102. The van der Waals surface area contributed by atoms with Crippen LogP contribution in [0.2, 0.25) is 0 Å². The molecule has 0 aliphatic heterocycles. The van der Waals surface area contributed by atoms with Crippen LogP contribution in [0.4, 0.5) is 4.79 Å². The molecule has 0 aliphatic carbocycles. The summed E-state index contributed by atoms with van der Waals surface area (Å²) in [6.07, 6.45) is 0. The first-order valence-corrected chi connectivity index (χ1v) is 0.908. The van der Waals surface area contributed by atoms with Crippen molar-refractivity contribution in [3.63, 3.8) is 0 Å². The molecule has 0 aromatic rings. The molecule has 0 radical (unpaired) electrons. The maximum Gasteiger partial charge on any atom is 1.00 e. The summed E-state index contributed by atoms with van der Waals surface area (Å²) >= 11 is 0. The minimum absolute atomic E-state index is 0. The number of hydrogen-bond donors (Lipinski definition) is 0. The van der Waals surface area contributed by atoms with Crippen molar-refractivity contribution in [1.29, 1.82) is 0 Å². The molecule has 0 saturated heterocycles. The zero-order valence-corrected chi connectivity index (χ0v) is 5.32. The van der Waals surface area contributed by atoms with E-state index in [0.29, 0.717) is 0 Å². The Labute approximate surface area is 53.3 Å². The van der Waals surface area contributed by atoms with Crippen LogP contribution in [0.3, 0.4) is 0 Å². The maximum atomic E-state index is 8.89. The number of rotatable bonds is 0. The van der Waals surface area contributed by atoms with E-state index in [2.05, 4.69) is 0 Å². The Morgan fingerprint density at radius 2 is 1.80 bits per heavy atom. The first-order chi connectivity index (χ1) is 1.73. The van der Waals surface area contributed by atoms with Gasteiger partial charge in [0.1, 0.15) is 0 Å². The fourth-order valence-corrected chi connectivity index (χ4v) is 0. The van der Waals surface area contributed by atoms with E-state index in [1.54, 1.807) is 0 Å². The topological polar surface area (TPSA) is 40.1 Å². The van der Waals surface area contributed by atoms with Gasteiger partial charge in [0.2, 0.25) is 0 Å². The Bertz CT molecular complexity index is 32.6. The summed E-state index contributed by atoms with van der Waals surface area (Å²) < 4.78 is 0. The Morgan fingerprint density at radius 3 is 1.80 bits per heavy atom. The average molecular weight is 79.8 g/mol. The molecule has 0 aliphatic rings. The molecule has 2 nitrogen and oxygen atoms in total. The number of carbonyl (C=O) groups is 1. The van der Waals surface area contributed by atoms with E-state index in [1.165, 1.54) is 0 Å². The van der Waals surface area contributed by atoms with Crippen molar-refractivity contribution < 1.29 is 39.5 Å². The van der Waals surface area contributed by atoms with Gasteiger partial charge in [-0.1, -0.05) is 0 Å². The zero-order chi connectivity index (χ0) is 3.58. The van der Waals surface area contributed by atoms with E-state index in [0.717, 1.165) is 7.85 Å². The van der Waals surface area contributed by atoms with Gasteiger partial charge in [0, 0.05) is 0 Å². The van der Waals surface area contributed by atoms with Crippen LogP contribution in [-0.4, -0.2) is 13.7 Å². The molecule has 0 aromatic carbocycles. The molecule has 0 rings (SSSR count). The molecule has 0 unspecified atom stereocenters. The van der Waals surface area contributed by atoms with Crippen LogP contribution in [0.5, 0.6) is 0 Å². The summed E-state index contributed by atoms with van der Waals surface area (Å²) in [5.41, 5.74) is 0. The SMILES string of the molecule is BC(=O)[O-].[Na+]. The number of carbonyl (C=O) groups excluding carboxylic acids is 1. The van der Waals surface area contributed by atoms with E-state index in [-0.39, 0.29) is 29.6 Å². The van der Waals surface area contributed by atoms with Gasteiger partial charge in [0.25, 0.3) is 0 Å². The van der Waals surface area contributed by atoms with Crippen molar-refractivity contribution in [1.82, 2.24) is 0 Å². The standard InChI is InChI=1S/CH3BO2.Na/c2-1(3)4;/h2H2,(H,3,4);/q;+1/p-1. The van der Waals surface area contributed by atoms with Gasteiger partial charge in [-0.3, -0.25) is 0 Å². The van der Waals surface area contributed by atoms with Gasteiger partial charge in [-0.2, -0.15) is 0 Å². The predicted octanol–water partition coefficient (Wildman–Crippen LogP) is -5.03. The summed E-state index contributed by atoms with van der Waals surface area (Å²) in [5.74, 6) is -1.08. The van der Waals surface area contributed by atoms with Crippen LogP contribution in [0.25, 0.3) is 0 Å². The molecular formula is CH2BNaO2. The van der Waals surface area contributed by atoms with E-state index in [9.17, 15) is 0 Å². The molecule has 0 saturated carbocycles. The van der Waals surface area contributed by atoms with E-state index in [1.807, 2.05) is 0 Å². The number of carboxylic acid groups (broad SMARTS) is 1. The minimum Gasteiger partial charge on any atom is -0.562 e. The van der Waals surface area contributed by atoms with E-state index >= 15 is 0 Å². The van der Waals surface area contributed by atoms with Gasteiger partial charge >= 0.3 is 29.6 Å². The third-order valence-corrected chi connectivity index (χ3v) is 0. The molecule has 0 atom stereocenters. The van der Waals surface area contributed by atoms with Gasteiger partial charge in [-0.15, -0.1) is 0 Å². The second kappa shape index (κ2) is 4.53. The summed E-state index contributed by atoms with van der Waals surface area (Å²) in [6.45, 7) is 0. The van der Waals surface area contributed by atoms with Gasteiger partial charge in [-0.05, 0) is 5.87 Å². The molecular weight excluding hydrogens is 77.8 g/mol. The Hall–Kier alpha value is 0.535. The quantitative estimate of drug-likeness (QED) is 0.273. The predicted molar refractivity (Wildman–Crippen MR) is 13.9 cm³/mol. The smallest absolute Gasteiger partial charge is 0.562 e. The van der Waals surface area contributed by atoms with Gasteiger partial charge in [-0.25, -0.2) is 0 Å². The second-order valence-corrected chi connectivity index (χ2v) is 0.492. The Balaban J connectivity index is 0. The normalized spacial score (nSPS) is 4.80. The minimum atomic E-state index is -1.08. The first kappa shape index (κ1) is 9.11. The van der Waals surface area contributed by atoms with Crippen LogP contribution in [-0.2, 0) is 0 Å². The molecule has 0 spiro atoms. The summed E-state index contributed by atoms with van der Waals surface area (Å²) in [6, 6.07) is 0. The third-order valence-electron chi connectivity index (χ3n) is 0. The monoisotopic (exact) mass is 80.0 g/mol. The first-order valence-electron chi connectivity index (χ1n) is 0.908.